The number of hydrogen-bond donors (Lipinski definition) is 2. The number of hydrazine groups is 1. The van der Waals surface area contributed by atoms with Gasteiger partial charge in [0.15, 0.2) is 5.82 Å². The van der Waals surface area contributed by atoms with Gasteiger partial charge in [0.2, 0.25) is 0 Å². The zero-order valence-corrected chi connectivity index (χ0v) is 10.2. The number of nitrogens with one attached hydrogen (secondary N) is 1. The van der Waals surface area contributed by atoms with E-state index in [0.717, 1.165) is 21.8 Å². The fourth-order valence-corrected chi connectivity index (χ4v) is 2.68. The zero-order chi connectivity index (χ0) is 10.8. The average molecular weight is 240 g/mol. The van der Waals surface area contributed by atoms with Crippen molar-refractivity contribution in [1.29, 1.82) is 0 Å². The fourth-order valence-electron chi connectivity index (χ4n) is 1.39. The van der Waals surface area contributed by atoms with Gasteiger partial charge >= 0.3 is 0 Å². The van der Waals surface area contributed by atoms with Crippen LogP contribution in [-0.4, -0.2) is 16.2 Å². The molecule has 2 rings (SSSR count). The summed E-state index contributed by atoms with van der Waals surface area (Å²) in [6, 6.07) is 2.05. The van der Waals surface area contributed by atoms with E-state index in [9.17, 15) is 0 Å². The molecule has 0 bridgehead atoms. The van der Waals surface area contributed by atoms with Crippen LogP contribution in [-0.2, 0) is 5.75 Å². The highest BCUT2D eigenvalue weighted by Gasteiger charge is 2.09. The fraction of sp³-hybridized carbons (Fsp3) is 0.333. The van der Waals surface area contributed by atoms with E-state index >= 15 is 0 Å². The van der Waals surface area contributed by atoms with Gasteiger partial charge in [-0.2, -0.15) is 11.8 Å². The minimum atomic E-state index is 0.716. The number of hydrogen-bond acceptors (Lipinski definition) is 6. The lowest BCUT2D eigenvalue weighted by Crippen LogP contribution is -2.10. The number of nitrogens with two attached hydrogens (primary N) is 1. The Morgan fingerprint density at radius 3 is 3.00 bits per heavy atom. The second kappa shape index (κ2) is 4.34. The summed E-state index contributed by atoms with van der Waals surface area (Å²) in [7, 11) is 0. The largest absolute Gasteiger partial charge is 0.308 e. The first-order valence-corrected chi connectivity index (χ1v) is 6.68. The van der Waals surface area contributed by atoms with Gasteiger partial charge in [-0.15, -0.1) is 11.3 Å². The van der Waals surface area contributed by atoms with E-state index in [1.54, 1.807) is 23.1 Å². The maximum Gasteiger partial charge on any atom is 0.152 e. The van der Waals surface area contributed by atoms with Gasteiger partial charge in [-0.05, 0) is 19.2 Å². The maximum absolute atomic E-state index is 5.45. The molecular weight excluding hydrogens is 228 g/mol. The third kappa shape index (κ3) is 2.06. The number of anilines is 1. The molecule has 0 saturated carbocycles. The van der Waals surface area contributed by atoms with Crippen molar-refractivity contribution < 1.29 is 0 Å². The van der Waals surface area contributed by atoms with Gasteiger partial charge in [-0.1, -0.05) is 0 Å². The Hall–Kier alpha value is -0.850. The predicted molar refractivity (Wildman–Crippen MR) is 67.2 cm³/mol. The van der Waals surface area contributed by atoms with Crippen molar-refractivity contribution in [2.24, 2.45) is 5.84 Å². The molecule has 0 unspecified atom stereocenters. The van der Waals surface area contributed by atoms with E-state index < -0.39 is 0 Å². The third-order valence-corrected chi connectivity index (χ3v) is 3.46. The van der Waals surface area contributed by atoms with Crippen LogP contribution in [0.2, 0.25) is 0 Å². The van der Waals surface area contributed by atoms with Crippen molar-refractivity contribution in [3.05, 3.63) is 16.8 Å². The van der Waals surface area contributed by atoms with Gasteiger partial charge in [0.25, 0.3) is 0 Å². The van der Waals surface area contributed by atoms with Gasteiger partial charge in [-0.3, -0.25) is 0 Å². The van der Waals surface area contributed by atoms with E-state index in [4.69, 9.17) is 5.84 Å². The molecule has 4 nitrogen and oxygen atoms in total. The molecule has 2 aromatic rings. The molecule has 0 amide bonds. The van der Waals surface area contributed by atoms with Gasteiger partial charge in [-0.25, -0.2) is 15.8 Å². The zero-order valence-electron chi connectivity index (χ0n) is 8.57. The molecule has 0 aliphatic carbocycles. The van der Waals surface area contributed by atoms with E-state index in [-0.39, 0.29) is 0 Å². The van der Waals surface area contributed by atoms with Crippen LogP contribution in [0.5, 0.6) is 0 Å². The van der Waals surface area contributed by atoms with Crippen LogP contribution >= 0.6 is 23.1 Å². The highest BCUT2D eigenvalue weighted by atomic mass is 32.2. The highest BCUT2D eigenvalue weighted by Crippen LogP contribution is 2.28. The SMILES string of the molecule is CSCc1nc(NN)c2cc(C)sc2n1. The van der Waals surface area contributed by atoms with Gasteiger partial charge < -0.3 is 5.43 Å². The lowest BCUT2D eigenvalue weighted by Gasteiger charge is -2.03. The lowest BCUT2D eigenvalue weighted by molar-refractivity contribution is 1.07. The van der Waals surface area contributed by atoms with Crippen molar-refractivity contribution in [3.63, 3.8) is 0 Å². The normalized spacial score (nSPS) is 10.9. The van der Waals surface area contributed by atoms with Gasteiger partial charge in [0, 0.05) is 4.88 Å². The Kier molecular flexibility index (Phi) is 3.08. The Morgan fingerprint density at radius 1 is 1.53 bits per heavy atom. The standard InChI is InChI=1S/C9H12N4S2/c1-5-3-6-8(13-10)11-7(4-14-2)12-9(6)15-5/h3H,4,10H2,1-2H3,(H,11,12,13). The summed E-state index contributed by atoms with van der Waals surface area (Å²) in [5, 5.41) is 1.00. The summed E-state index contributed by atoms with van der Waals surface area (Å²) in [5.74, 6) is 7.79. The molecule has 80 valence electrons. The van der Waals surface area contributed by atoms with Crippen LogP contribution in [0.4, 0.5) is 5.82 Å². The number of nitrogens with zero attached hydrogens (tertiary/aromatic N) is 2. The van der Waals surface area contributed by atoms with Gasteiger partial charge in [0.1, 0.15) is 10.7 Å². The molecule has 0 radical (unpaired) electrons. The minimum absolute atomic E-state index is 0.716. The van der Waals surface area contributed by atoms with Crippen LogP contribution in [0.1, 0.15) is 10.7 Å². The second-order valence-corrected chi connectivity index (χ2v) is 5.24. The van der Waals surface area contributed by atoms with Crippen molar-refractivity contribution in [2.45, 2.75) is 12.7 Å². The number of thiophene rings is 1. The number of fused-ring (bicyclic) bond motifs is 1. The topological polar surface area (TPSA) is 63.8 Å². The maximum atomic E-state index is 5.45. The van der Waals surface area contributed by atoms with Crippen LogP contribution in [0, 0.1) is 6.92 Å². The summed E-state index contributed by atoms with van der Waals surface area (Å²) in [6.07, 6.45) is 2.03. The lowest BCUT2D eigenvalue weighted by atomic mass is 10.3. The molecule has 15 heavy (non-hydrogen) atoms. The first-order chi connectivity index (χ1) is 7.24. The number of aryl methyl sites for hydroxylation is 1. The molecule has 3 N–H and O–H groups in total. The highest BCUT2D eigenvalue weighted by molar-refractivity contribution is 7.97. The molecule has 0 atom stereocenters. The molecule has 0 fully saturated rings. The summed E-state index contributed by atoms with van der Waals surface area (Å²) in [6.45, 7) is 2.06. The molecule has 0 saturated heterocycles. The van der Waals surface area contributed by atoms with Crippen LogP contribution in [0.25, 0.3) is 10.2 Å². The third-order valence-electron chi connectivity index (χ3n) is 1.97. The molecule has 0 spiro atoms. The van der Waals surface area contributed by atoms with Crippen LogP contribution in [0.15, 0.2) is 6.07 Å². The number of thioether (sulfide) groups is 1. The number of rotatable bonds is 3. The summed E-state index contributed by atoms with van der Waals surface area (Å²) in [4.78, 5) is 11.1. The van der Waals surface area contributed by atoms with Crippen molar-refractivity contribution in [1.82, 2.24) is 9.97 Å². The molecule has 0 aliphatic heterocycles. The predicted octanol–water partition coefficient (Wildman–Crippen LogP) is 2.15. The molecule has 6 heteroatoms. The molecular formula is C9H12N4S2. The van der Waals surface area contributed by atoms with E-state index in [1.807, 2.05) is 6.26 Å². The molecule has 0 aliphatic rings. The average Bonchev–Trinajstić information content (AvgIpc) is 2.57. The second-order valence-electron chi connectivity index (χ2n) is 3.14. The summed E-state index contributed by atoms with van der Waals surface area (Å²) < 4.78 is 0. The Labute approximate surface area is 96.3 Å². The van der Waals surface area contributed by atoms with Crippen molar-refractivity contribution in [3.8, 4) is 0 Å². The minimum Gasteiger partial charge on any atom is -0.308 e. The number of nitrogen functional groups attached to an aromatic ring is 1. The first kappa shape index (κ1) is 10.7. The van der Waals surface area contributed by atoms with Crippen molar-refractivity contribution in [2.75, 3.05) is 11.7 Å². The van der Waals surface area contributed by atoms with Crippen LogP contribution < -0.4 is 11.3 Å². The van der Waals surface area contributed by atoms with Crippen LogP contribution in [0.3, 0.4) is 0 Å². The quantitative estimate of drug-likeness (QED) is 0.636. The molecule has 2 aromatic heterocycles. The van der Waals surface area contributed by atoms with Gasteiger partial charge in [0.05, 0.1) is 11.1 Å². The Morgan fingerprint density at radius 2 is 2.33 bits per heavy atom. The molecule has 0 aromatic carbocycles. The smallest absolute Gasteiger partial charge is 0.152 e. The monoisotopic (exact) mass is 240 g/mol. The van der Waals surface area contributed by atoms with E-state index in [1.165, 1.54) is 4.88 Å². The Bertz CT molecular complexity index is 480. The number of aromatic nitrogens is 2. The van der Waals surface area contributed by atoms with E-state index in [0.29, 0.717) is 5.82 Å². The Balaban J connectivity index is 2.59. The van der Waals surface area contributed by atoms with Crippen molar-refractivity contribution >= 4 is 39.1 Å². The first-order valence-electron chi connectivity index (χ1n) is 4.47. The van der Waals surface area contributed by atoms with E-state index in [2.05, 4.69) is 28.4 Å². The summed E-state index contributed by atoms with van der Waals surface area (Å²) in [5.41, 5.74) is 2.63. The molecule has 2 heterocycles. The summed E-state index contributed by atoms with van der Waals surface area (Å²) >= 11 is 3.37.